The van der Waals surface area contributed by atoms with Crippen molar-refractivity contribution in [2.75, 3.05) is 10.6 Å². The van der Waals surface area contributed by atoms with Crippen LogP contribution in [0.15, 0.2) is 72.8 Å². The van der Waals surface area contributed by atoms with Crippen molar-refractivity contribution in [3.8, 4) is 11.4 Å². The number of para-hydroxylation sites is 1. The smallest absolute Gasteiger partial charge is 0.257 e. The number of hydrogen-bond donors (Lipinski definition) is 2. The molecule has 2 amide bonds. The zero-order chi connectivity index (χ0) is 22.5. The van der Waals surface area contributed by atoms with Crippen molar-refractivity contribution >= 4 is 34.8 Å². The number of amides is 2. The number of benzene rings is 3. The van der Waals surface area contributed by atoms with Crippen molar-refractivity contribution in [3.05, 3.63) is 88.9 Å². The zero-order valence-electron chi connectivity index (χ0n) is 17.1. The van der Waals surface area contributed by atoms with Crippen LogP contribution in [-0.4, -0.2) is 32.0 Å². The lowest BCUT2D eigenvalue weighted by Gasteiger charge is -2.09. The minimum Gasteiger partial charge on any atom is -0.324 e. The Bertz CT molecular complexity index is 1270. The molecule has 0 fully saturated rings. The van der Waals surface area contributed by atoms with Crippen LogP contribution in [0.5, 0.6) is 0 Å². The second-order valence-electron chi connectivity index (χ2n) is 7.04. The van der Waals surface area contributed by atoms with Crippen molar-refractivity contribution in [3.63, 3.8) is 0 Å². The van der Waals surface area contributed by atoms with Gasteiger partial charge in [-0.25, -0.2) is 0 Å². The molecule has 0 atom stereocenters. The molecule has 0 bridgehead atoms. The van der Waals surface area contributed by atoms with E-state index in [9.17, 15) is 9.59 Å². The van der Waals surface area contributed by atoms with E-state index >= 15 is 0 Å². The van der Waals surface area contributed by atoms with Crippen LogP contribution in [0.2, 0.25) is 5.02 Å². The number of carbonyl (C=O) groups is 2. The highest BCUT2D eigenvalue weighted by atomic mass is 35.5. The maximum Gasteiger partial charge on any atom is 0.257 e. The van der Waals surface area contributed by atoms with E-state index in [4.69, 9.17) is 11.6 Å². The molecular formula is C23H19ClN6O2. The Hall–Kier alpha value is -4.04. The second-order valence-corrected chi connectivity index (χ2v) is 7.44. The van der Waals surface area contributed by atoms with Crippen LogP contribution in [0.4, 0.5) is 11.4 Å². The number of tetrazole rings is 1. The molecule has 9 heteroatoms. The summed E-state index contributed by atoms with van der Waals surface area (Å²) in [5.41, 5.74) is 3.21. The van der Waals surface area contributed by atoms with E-state index in [-0.39, 0.29) is 24.2 Å². The first kappa shape index (κ1) is 21.2. The van der Waals surface area contributed by atoms with Gasteiger partial charge in [-0.15, -0.1) is 10.2 Å². The monoisotopic (exact) mass is 446 g/mol. The Kier molecular flexibility index (Phi) is 6.23. The molecule has 2 N–H and O–H groups in total. The summed E-state index contributed by atoms with van der Waals surface area (Å²) in [6, 6.07) is 21.3. The van der Waals surface area contributed by atoms with Gasteiger partial charge >= 0.3 is 0 Å². The van der Waals surface area contributed by atoms with Crippen molar-refractivity contribution in [1.29, 1.82) is 0 Å². The normalized spacial score (nSPS) is 10.6. The Balaban J connectivity index is 1.48. The van der Waals surface area contributed by atoms with E-state index in [1.165, 1.54) is 4.80 Å². The maximum atomic E-state index is 12.7. The average Bonchev–Trinajstić information content (AvgIpc) is 3.24. The summed E-state index contributed by atoms with van der Waals surface area (Å²) in [6.07, 6.45) is 0. The van der Waals surface area contributed by atoms with E-state index < -0.39 is 0 Å². The molecule has 160 valence electrons. The summed E-state index contributed by atoms with van der Waals surface area (Å²) >= 11 is 6.12. The standard InChI is InChI=1S/C23H19ClN6O2/c1-15-10-12-16(13-11-15)25-21(31)14-30-28-22(27-29-30)18-7-3-5-9-20(18)26-23(32)17-6-2-4-8-19(17)24/h2-13H,14H2,1H3,(H,25,31)(H,26,32). The third-order valence-electron chi connectivity index (χ3n) is 4.61. The molecule has 0 radical (unpaired) electrons. The summed E-state index contributed by atoms with van der Waals surface area (Å²) in [6.45, 7) is 1.87. The SMILES string of the molecule is Cc1ccc(NC(=O)Cn2nnc(-c3ccccc3NC(=O)c3ccccc3Cl)n2)cc1. The van der Waals surface area contributed by atoms with Crippen molar-refractivity contribution in [2.24, 2.45) is 0 Å². The molecule has 1 aromatic heterocycles. The van der Waals surface area contributed by atoms with E-state index in [1.54, 1.807) is 48.5 Å². The molecule has 0 aliphatic heterocycles. The van der Waals surface area contributed by atoms with Crippen molar-refractivity contribution < 1.29 is 9.59 Å². The van der Waals surface area contributed by atoms with Gasteiger partial charge < -0.3 is 10.6 Å². The van der Waals surface area contributed by atoms with E-state index in [0.29, 0.717) is 27.5 Å². The summed E-state index contributed by atoms with van der Waals surface area (Å²) < 4.78 is 0. The second kappa shape index (κ2) is 9.40. The van der Waals surface area contributed by atoms with Crippen molar-refractivity contribution in [1.82, 2.24) is 20.2 Å². The van der Waals surface area contributed by atoms with Crippen LogP contribution in [0, 0.1) is 6.92 Å². The number of carbonyl (C=O) groups excluding carboxylic acids is 2. The Labute approximate surface area is 189 Å². The molecule has 4 rings (SSSR count). The minimum absolute atomic E-state index is 0.102. The minimum atomic E-state index is -0.354. The van der Waals surface area contributed by atoms with Crippen LogP contribution in [0.1, 0.15) is 15.9 Å². The molecular weight excluding hydrogens is 428 g/mol. The van der Waals surface area contributed by atoms with Gasteiger partial charge in [-0.3, -0.25) is 9.59 Å². The summed E-state index contributed by atoms with van der Waals surface area (Å²) in [5.74, 6) is -0.353. The highest BCUT2D eigenvalue weighted by Gasteiger charge is 2.16. The molecule has 0 unspecified atom stereocenters. The van der Waals surface area contributed by atoms with Gasteiger partial charge in [0.15, 0.2) is 0 Å². The Morgan fingerprint density at radius 2 is 1.66 bits per heavy atom. The summed E-state index contributed by atoms with van der Waals surface area (Å²) in [7, 11) is 0. The van der Waals surface area contributed by atoms with Crippen LogP contribution >= 0.6 is 11.6 Å². The molecule has 0 saturated carbocycles. The van der Waals surface area contributed by atoms with Gasteiger partial charge in [-0.05, 0) is 48.5 Å². The number of aromatic nitrogens is 4. The summed E-state index contributed by atoms with van der Waals surface area (Å²) in [5, 5.41) is 18.3. The van der Waals surface area contributed by atoms with Gasteiger partial charge in [0.25, 0.3) is 5.91 Å². The lowest BCUT2D eigenvalue weighted by Crippen LogP contribution is -2.20. The van der Waals surface area contributed by atoms with Crippen LogP contribution in [0.3, 0.4) is 0 Å². The fourth-order valence-corrected chi connectivity index (χ4v) is 3.23. The first-order chi connectivity index (χ1) is 15.5. The maximum absolute atomic E-state index is 12.7. The molecule has 8 nitrogen and oxygen atoms in total. The van der Waals surface area contributed by atoms with Gasteiger partial charge in [0, 0.05) is 11.3 Å². The number of nitrogens with one attached hydrogen (secondary N) is 2. The van der Waals surface area contributed by atoms with Crippen molar-refractivity contribution in [2.45, 2.75) is 13.5 Å². The van der Waals surface area contributed by atoms with Crippen LogP contribution in [0.25, 0.3) is 11.4 Å². The quantitative estimate of drug-likeness (QED) is 0.462. The van der Waals surface area contributed by atoms with Gasteiger partial charge in [0.1, 0.15) is 6.54 Å². The van der Waals surface area contributed by atoms with Gasteiger partial charge in [0.2, 0.25) is 11.7 Å². The largest absolute Gasteiger partial charge is 0.324 e. The number of anilines is 2. The average molecular weight is 447 g/mol. The molecule has 0 aliphatic carbocycles. The molecule has 32 heavy (non-hydrogen) atoms. The predicted molar refractivity (Wildman–Crippen MR) is 122 cm³/mol. The molecule has 3 aromatic carbocycles. The third-order valence-corrected chi connectivity index (χ3v) is 4.94. The Morgan fingerprint density at radius 1 is 0.938 bits per heavy atom. The number of aryl methyl sites for hydroxylation is 1. The lowest BCUT2D eigenvalue weighted by molar-refractivity contribution is -0.117. The topological polar surface area (TPSA) is 102 Å². The van der Waals surface area contributed by atoms with E-state index in [2.05, 4.69) is 26.0 Å². The molecule has 0 saturated heterocycles. The van der Waals surface area contributed by atoms with Gasteiger partial charge in [-0.2, -0.15) is 4.80 Å². The van der Waals surface area contributed by atoms with Gasteiger partial charge in [-0.1, -0.05) is 53.6 Å². The van der Waals surface area contributed by atoms with Crippen LogP contribution in [-0.2, 0) is 11.3 Å². The number of hydrogen-bond acceptors (Lipinski definition) is 5. The zero-order valence-corrected chi connectivity index (χ0v) is 17.9. The fourth-order valence-electron chi connectivity index (χ4n) is 3.01. The highest BCUT2D eigenvalue weighted by molar-refractivity contribution is 6.34. The lowest BCUT2D eigenvalue weighted by atomic mass is 10.1. The predicted octanol–water partition coefficient (Wildman–Crippen LogP) is 4.19. The van der Waals surface area contributed by atoms with Crippen LogP contribution < -0.4 is 10.6 Å². The number of nitrogens with zero attached hydrogens (tertiary/aromatic N) is 4. The Morgan fingerprint density at radius 3 is 2.44 bits per heavy atom. The molecule has 1 heterocycles. The van der Waals surface area contributed by atoms with Gasteiger partial charge in [0.05, 0.1) is 16.3 Å². The van der Waals surface area contributed by atoms with E-state index in [0.717, 1.165) is 5.56 Å². The first-order valence-corrected chi connectivity index (χ1v) is 10.2. The van der Waals surface area contributed by atoms with E-state index in [1.807, 2.05) is 31.2 Å². The molecule has 0 spiro atoms. The third kappa shape index (κ3) is 4.98. The molecule has 4 aromatic rings. The summed E-state index contributed by atoms with van der Waals surface area (Å²) in [4.78, 5) is 26.2. The number of rotatable bonds is 6. The molecule has 0 aliphatic rings. The number of halogens is 1. The highest BCUT2D eigenvalue weighted by Crippen LogP contribution is 2.26. The fraction of sp³-hybridized carbons (Fsp3) is 0.0870. The first-order valence-electron chi connectivity index (χ1n) is 9.79.